The lowest BCUT2D eigenvalue weighted by Gasteiger charge is -2.29. The summed E-state index contributed by atoms with van der Waals surface area (Å²) in [5.74, 6) is 0. The highest BCUT2D eigenvalue weighted by atomic mass is 16.5. The molecule has 0 saturated carbocycles. The summed E-state index contributed by atoms with van der Waals surface area (Å²) in [4.78, 5) is 0. The molecule has 0 aromatic rings. The number of nitrogens with one attached hydrogen (secondary N) is 1. The molecule has 4 nitrogen and oxygen atoms in total. The molecule has 1 fully saturated rings. The smallest absolute Gasteiger partial charge is 0.0831 e. The van der Waals surface area contributed by atoms with Gasteiger partial charge in [-0.05, 0) is 19.9 Å². The first kappa shape index (κ1) is 11.9. The van der Waals surface area contributed by atoms with Gasteiger partial charge >= 0.3 is 0 Å². The molecule has 84 valence electrons. The first-order valence-corrected chi connectivity index (χ1v) is 5.25. The van der Waals surface area contributed by atoms with Crippen molar-refractivity contribution in [3.8, 4) is 0 Å². The van der Waals surface area contributed by atoms with E-state index in [0.29, 0.717) is 13.2 Å². The molecule has 0 aliphatic carbocycles. The lowest BCUT2D eigenvalue weighted by atomic mass is 10.1. The molecular weight excluding hydrogens is 182 g/mol. The van der Waals surface area contributed by atoms with E-state index in [1.54, 1.807) is 0 Å². The lowest BCUT2D eigenvalue weighted by Crippen LogP contribution is -2.50. The Bertz CT molecular complexity index is 159. The van der Waals surface area contributed by atoms with E-state index < -0.39 is 0 Å². The van der Waals surface area contributed by atoms with Crippen molar-refractivity contribution in [2.75, 3.05) is 33.0 Å². The number of aliphatic hydroxyl groups excluding tert-OH is 1. The first-order valence-electron chi connectivity index (χ1n) is 5.25. The largest absolute Gasteiger partial charge is 0.394 e. The molecule has 1 aliphatic rings. The van der Waals surface area contributed by atoms with E-state index in [4.69, 9.17) is 9.47 Å². The highest BCUT2D eigenvalue weighted by molar-refractivity contribution is 4.82. The summed E-state index contributed by atoms with van der Waals surface area (Å²) in [6.45, 7) is 6.93. The van der Waals surface area contributed by atoms with E-state index in [0.717, 1.165) is 19.6 Å². The first-order chi connectivity index (χ1) is 6.70. The standard InChI is InChI=1S/C10H21NO3/c1-3-11-10(2,7-12)8-14-9-4-5-13-6-9/h9,11-12H,3-8H2,1-2H3. The zero-order chi connectivity index (χ0) is 10.4. The fourth-order valence-electron chi connectivity index (χ4n) is 1.53. The van der Waals surface area contributed by atoms with Crippen LogP contribution in [0.15, 0.2) is 0 Å². The van der Waals surface area contributed by atoms with E-state index in [2.05, 4.69) is 5.32 Å². The molecule has 2 unspecified atom stereocenters. The zero-order valence-corrected chi connectivity index (χ0v) is 9.08. The number of ether oxygens (including phenoxy) is 2. The third kappa shape index (κ3) is 3.53. The number of aliphatic hydroxyl groups is 1. The minimum Gasteiger partial charge on any atom is -0.394 e. The van der Waals surface area contributed by atoms with Crippen LogP contribution in [0.5, 0.6) is 0 Å². The Labute approximate surface area is 85.6 Å². The van der Waals surface area contributed by atoms with E-state index in [1.165, 1.54) is 0 Å². The Balaban J connectivity index is 2.25. The van der Waals surface area contributed by atoms with Crippen LogP contribution >= 0.6 is 0 Å². The molecule has 0 aromatic carbocycles. The summed E-state index contributed by atoms with van der Waals surface area (Å²) < 4.78 is 10.9. The number of hydrogen-bond donors (Lipinski definition) is 2. The molecule has 0 amide bonds. The summed E-state index contributed by atoms with van der Waals surface area (Å²) in [7, 11) is 0. The maximum atomic E-state index is 9.22. The monoisotopic (exact) mass is 203 g/mol. The highest BCUT2D eigenvalue weighted by Gasteiger charge is 2.25. The van der Waals surface area contributed by atoms with Gasteiger partial charge in [-0.25, -0.2) is 0 Å². The topological polar surface area (TPSA) is 50.7 Å². The third-order valence-electron chi connectivity index (χ3n) is 2.48. The van der Waals surface area contributed by atoms with Crippen LogP contribution in [0.4, 0.5) is 0 Å². The van der Waals surface area contributed by atoms with Crippen LogP contribution in [-0.4, -0.2) is 49.7 Å². The van der Waals surface area contributed by atoms with Crippen molar-refractivity contribution in [2.24, 2.45) is 0 Å². The van der Waals surface area contributed by atoms with Crippen LogP contribution in [-0.2, 0) is 9.47 Å². The predicted molar refractivity (Wildman–Crippen MR) is 54.3 cm³/mol. The minimum absolute atomic E-state index is 0.0917. The van der Waals surface area contributed by atoms with Crippen LogP contribution in [0.25, 0.3) is 0 Å². The Morgan fingerprint density at radius 3 is 2.93 bits per heavy atom. The van der Waals surface area contributed by atoms with E-state index in [1.807, 2.05) is 13.8 Å². The maximum Gasteiger partial charge on any atom is 0.0831 e. The second-order valence-corrected chi connectivity index (χ2v) is 4.05. The van der Waals surface area contributed by atoms with Crippen molar-refractivity contribution >= 4 is 0 Å². The molecule has 14 heavy (non-hydrogen) atoms. The van der Waals surface area contributed by atoms with Crippen LogP contribution < -0.4 is 5.32 Å². The number of hydrogen-bond acceptors (Lipinski definition) is 4. The van der Waals surface area contributed by atoms with Gasteiger partial charge in [-0.3, -0.25) is 0 Å². The van der Waals surface area contributed by atoms with Gasteiger partial charge in [0.05, 0.1) is 31.5 Å². The van der Waals surface area contributed by atoms with Gasteiger partial charge in [-0.2, -0.15) is 0 Å². The van der Waals surface area contributed by atoms with E-state index in [-0.39, 0.29) is 18.2 Å². The van der Waals surface area contributed by atoms with E-state index in [9.17, 15) is 5.11 Å². The average Bonchev–Trinajstić information content (AvgIpc) is 2.68. The van der Waals surface area contributed by atoms with Crippen LogP contribution in [0, 0.1) is 0 Å². The van der Waals surface area contributed by atoms with Crippen molar-refractivity contribution in [1.29, 1.82) is 0 Å². The SMILES string of the molecule is CCNC(C)(CO)COC1CCOC1. The Morgan fingerprint density at radius 1 is 1.64 bits per heavy atom. The van der Waals surface area contributed by atoms with Gasteiger partial charge in [0.15, 0.2) is 0 Å². The molecule has 0 radical (unpaired) electrons. The quantitative estimate of drug-likeness (QED) is 0.645. The second kappa shape index (κ2) is 5.66. The van der Waals surface area contributed by atoms with Gasteiger partial charge in [0.1, 0.15) is 0 Å². The van der Waals surface area contributed by atoms with Crippen molar-refractivity contribution in [3.05, 3.63) is 0 Å². The molecule has 0 aromatic heterocycles. The summed E-state index contributed by atoms with van der Waals surface area (Å²) in [5.41, 5.74) is -0.322. The average molecular weight is 203 g/mol. The predicted octanol–water partition coefficient (Wildman–Crippen LogP) is 0.152. The Hall–Kier alpha value is -0.160. The molecular formula is C10H21NO3. The minimum atomic E-state index is -0.322. The molecule has 0 bridgehead atoms. The molecule has 4 heteroatoms. The molecule has 2 N–H and O–H groups in total. The maximum absolute atomic E-state index is 9.22. The fraction of sp³-hybridized carbons (Fsp3) is 1.00. The highest BCUT2D eigenvalue weighted by Crippen LogP contribution is 2.11. The fourth-order valence-corrected chi connectivity index (χ4v) is 1.53. The van der Waals surface area contributed by atoms with Crippen LogP contribution in [0.1, 0.15) is 20.3 Å². The molecule has 1 aliphatic heterocycles. The Kier molecular flexibility index (Phi) is 4.81. The van der Waals surface area contributed by atoms with Crippen molar-refractivity contribution in [2.45, 2.75) is 31.9 Å². The molecule has 0 spiro atoms. The van der Waals surface area contributed by atoms with E-state index >= 15 is 0 Å². The summed E-state index contributed by atoms with van der Waals surface area (Å²) >= 11 is 0. The molecule has 1 saturated heterocycles. The summed E-state index contributed by atoms with van der Waals surface area (Å²) in [6.07, 6.45) is 1.17. The summed E-state index contributed by atoms with van der Waals surface area (Å²) in [5, 5.41) is 12.4. The van der Waals surface area contributed by atoms with Crippen molar-refractivity contribution in [3.63, 3.8) is 0 Å². The van der Waals surface area contributed by atoms with Gasteiger partial charge < -0.3 is 19.9 Å². The van der Waals surface area contributed by atoms with Crippen LogP contribution in [0.2, 0.25) is 0 Å². The number of rotatable bonds is 6. The lowest BCUT2D eigenvalue weighted by molar-refractivity contribution is -0.00660. The summed E-state index contributed by atoms with van der Waals surface area (Å²) in [6, 6.07) is 0. The molecule has 1 rings (SSSR count). The molecule has 2 atom stereocenters. The number of likely N-dealkylation sites (N-methyl/N-ethyl adjacent to an activating group) is 1. The van der Waals surface area contributed by atoms with Gasteiger partial charge in [-0.1, -0.05) is 6.92 Å². The van der Waals surface area contributed by atoms with Crippen molar-refractivity contribution in [1.82, 2.24) is 5.32 Å². The van der Waals surface area contributed by atoms with Crippen LogP contribution in [0.3, 0.4) is 0 Å². The second-order valence-electron chi connectivity index (χ2n) is 4.05. The van der Waals surface area contributed by atoms with Gasteiger partial charge in [0.25, 0.3) is 0 Å². The molecule has 1 heterocycles. The Morgan fingerprint density at radius 2 is 2.43 bits per heavy atom. The van der Waals surface area contributed by atoms with Gasteiger partial charge in [-0.15, -0.1) is 0 Å². The normalized spacial score (nSPS) is 26.4. The van der Waals surface area contributed by atoms with Gasteiger partial charge in [0.2, 0.25) is 0 Å². The third-order valence-corrected chi connectivity index (χ3v) is 2.48. The van der Waals surface area contributed by atoms with Crippen molar-refractivity contribution < 1.29 is 14.6 Å². The van der Waals surface area contributed by atoms with Gasteiger partial charge in [0, 0.05) is 6.61 Å². The zero-order valence-electron chi connectivity index (χ0n) is 9.08.